The highest BCUT2D eigenvalue weighted by molar-refractivity contribution is 5.87. The Morgan fingerprint density at radius 1 is 0.909 bits per heavy atom. The van der Waals surface area contributed by atoms with E-state index < -0.39 is 18.0 Å². The maximum atomic E-state index is 12.6. The van der Waals surface area contributed by atoms with Crippen LogP contribution in [0.4, 0.5) is 4.79 Å². The van der Waals surface area contributed by atoms with Crippen LogP contribution in [0.25, 0.3) is 0 Å². The summed E-state index contributed by atoms with van der Waals surface area (Å²) in [5.41, 5.74) is 5.28. The van der Waals surface area contributed by atoms with Gasteiger partial charge in [-0.3, -0.25) is 4.79 Å². The fourth-order valence-corrected chi connectivity index (χ4v) is 3.01. The van der Waals surface area contributed by atoms with Gasteiger partial charge in [0.2, 0.25) is 0 Å². The van der Waals surface area contributed by atoms with Crippen molar-refractivity contribution in [3.8, 4) is 5.75 Å². The number of carbonyl (C=O) groups is 2. The minimum Gasteiger partial charge on any atom is -0.489 e. The van der Waals surface area contributed by atoms with Gasteiger partial charge in [-0.2, -0.15) is 5.10 Å². The molecule has 0 saturated carbocycles. The smallest absolute Gasteiger partial charge is 0.407 e. The summed E-state index contributed by atoms with van der Waals surface area (Å²) < 4.78 is 10.7. The Kier molecular flexibility index (Phi) is 9.03. The van der Waals surface area contributed by atoms with Crippen molar-refractivity contribution in [3.05, 3.63) is 102 Å². The Morgan fingerprint density at radius 2 is 1.55 bits per heavy atom. The predicted octanol–water partition coefficient (Wildman–Crippen LogP) is 4.07. The van der Waals surface area contributed by atoms with Crippen LogP contribution in [0.15, 0.2) is 90.0 Å². The van der Waals surface area contributed by atoms with Crippen molar-refractivity contribution in [2.75, 3.05) is 6.61 Å². The zero-order valence-corrected chi connectivity index (χ0v) is 18.4. The molecule has 7 nitrogen and oxygen atoms in total. The number of benzene rings is 3. The molecule has 0 saturated heterocycles. The first kappa shape index (κ1) is 23.5. The average molecular weight is 446 g/mol. The van der Waals surface area contributed by atoms with Crippen LogP contribution in [-0.4, -0.2) is 30.9 Å². The largest absolute Gasteiger partial charge is 0.489 e. The molecule has 0 heterocycles. The lowest BCUT2D eigenvalue weighted by Crippen LogP contribution is -2.47. The van der Waals surface area contributed by atoms with Crippen LogP contribution < -0.4 is 15.5 Å². The summed E-state index contributed by atoms with van der Waals surface area (Å²) in [6, 6.07) is 25.9. The Morgan fingerprint density at radius 3 is 2.18 bits per heavy atom. The van der Waals surface area contributed by atoms with Crippen molar-refractivity contribution in [3.63, 3.8) is 0 Å². The molecule has 0 spiro atoms. The highest BCUT2D eigenvalue weighted by Crippen LogP contribution is 2.13. The number of rotatable bonds is 10. The van der Waals surface area contributed by atoms with Crippen molar-refractivity contribution in [1.82, 2.24) is 10.7 Å². The van der Waals surface area contributed by atoms with Crippen LogP contribution in [0.2, 0.25) is 0 Å². The molecule has 0 fully saturated rings. The van der Waals surface area contributed by atoms with E-state index >= 15 is 0 Å². The lowest BCUT2D eigenvalue weighted by atomic mass is 10.1. The predicted molar refractivity (Wildman–Crippen MR) is 127 cm³/mol. The normalized spacial score (nSPS) is 11.5. The van der Waals surface area contributed by atoms with Crippen LogP contribution >= 0.6 is 0 Å². The minimum atomic E-state index is -0.822. The topological polar surface area (TPSA) is 89.0 Å². The fraction of sp³-hybridized carbons (Fsp3) is 0.192. The third-order valence-corrected chi connectivity index (χ3v) is 4.68. The summed E-state index contributed by atoms with van der Waals surface area (Å²) in [5.74, 6) is 0.299. The van der Waals surface area contributed by atoms with Gasteiger partial charge in [-0.25, -0.2) is 10.2 Å². The van der Waals surface area contributed by atoms with E-state index in [2.05, 4.69) is 15.8 Å². The number of nitrogens with one attached hydrogen (secondary N) is 2. The number of alkyl carbamates (subject to hydrolysis) is 1. The molecule has 0 aliphatic heterocycles. The highest BCUT2D eigenvalue weighted by Gasteiger charge is 2.21. The third kappa shape index (κ3) is 8.14. The Labute approximate surface area is 193 Å². The molecule has 0 bridgehead atoms. The molecule has 1 atom stereocenters. The van der Waals surface area contributed by atoms with Gasteiger partial charge in [-0.15, -0.1) is 0 Å². The van der Waals surface area contributed by atoms with Gasteiger partial charge in [0.1, 0.15) is 18.4 Å². The van der Waals surface area contributed by atoms with Crippen LogP contribution in [-0.2, 0) is 22.6 Å². The Bertz CT molecular complexity index is 1040. The molecule has 2 amide bonds. The molecule has 0 aliphatic rings. The van der Waals surface area contributed by atoms with E-state index in [1.54, 1.807) is 6.92 Å². The van der Waals surface area contributed by atoms with Crippen molar-refractivity contribution >= 4 is 18.2 Å². The fourth-order valence-electron chi connectivity index (χ4n) is 3.01. The first-order chi connectivity index (χ1) is 16.1. The summed E-state index contributed by atoms with van der Waals surface area (Å²) >= 11 is 0. The molecule has 3 aromatic rings. The number of ether oxygens (including phenoxy) is 2. The summed E-state index contributed by atoms with van der Waals surface area (Å²) in [6.07, 6.45) is 1.20. The maximum Gasteiger partial charge on any atom is 0.407 e. The number of amides is 2. The van der Waals surface area contributed by atoms with Crippen molar-refractivity contribution < 1.29 is 19.1 Å². The van der Waals surface area contributed by atoms with Crippen molar-refractivity contribution in [2.45, 2.75) is 26.0 Å². The van der Waals surface area contributed by atoms with E-state index in [-0.39, 0.29) is 6.61 Å². The van der Waals surface area contributed by atoms with Gasteiger partial charge in [0.25, 0.3) is 5.91 Å². The summed E-state index contributed by atoms with van der Waals surface area (Å²) in [6.45, 7) is 2.41. The maximum absolute atomic E-state index is 12.6. The number of carbonyl (C=O) groups excluding carboxylic acids is 2. The molecular weight excluding hydrogens is 418 g/mol. The molecular formula is C26H27N3O4. The average Bonchev–Trinajstić information content (AvgIpc) is 2.84. The van der Waals surface area contributed by atoms with Crippen LogP contribution in [0.3, 0.4) is 0 Å². The molecule has 170 valence electrons. The standard InChI is InChI=1S/C26H27N3O4/c1-2-32-26(31)28-24(17-20-9-5-3-6-10-20)25(30)29-27-18-21-13-15-23(16-14-21)33-19-22-11-7-4-8-12-22/h3-16,18,24H,2,17,19H2,1H3,(H,28,31)(H,29,30)/b27-18-/t24-/m0/s1. The number of hydrogen-bond donors (Lipinski definition) is 2. The van der Waals surface area contributed by atoms with E-state index in [9.17, 15) is 9.59 Å². The van der Waals surface area contributed by atoms with Gasteiger partial charge in [0.05, 0.1) is 12.8 Å². The first-order valence-corrected chi connectivity index (χ1v) is 10.7. The third-order valence-electron chi connectivity index (χ3n) is 4.68. The molecule has 0 radical (unpaired) electrons. The molecule has 2 N–H and O–H groups in total. The molecule has 0 aromatic heterocycles. The SMILES string of the molecule is CCOC(=O)N[C@@H](Cc1ccccc1)C(=O)N/N=C\c1ccc(OCc2ccccc2)cc1. The molecule has 7 heteroatoms. The van der Waals surface area contributed by atoms with Gasteiger partial charge < -0.3 is 14.8 Å². The lowest BCUT2D eigenvalue weighted by Gasteiger charge is -2.16. The summed E-state index contributed by atoms with van der Waals surface area (Å²) in [7, 11) is 0. The summed E-state index contributed by atoms with van der Waals surface area (Å²) in [4.78, 5) is 24.5. The lowest BCUT2D eigenvalue weighted by molar-refractivity contribution is -0.123. The van der Waals surface area contributed by atoms with Gasteiger partial charge in [0, 0.05) is 6.42 Å². The molecule has 33 heavy (non-hydrogen) atoms. The van der Waals surface area contributed by atoms with E-state index in [0.29, 0.717) is 13.0 Å². The number of hydrogen-bond acceptors (Lipinski definition) is 5. The van der Waals surface area contributed by atoms with E-state index in [1.807, 2.05) is 84.9 Å². The number of hydrazone groups is 1. The Hall–Kier alpha value is -4.13. The molecule has 3 aromatic carbocycles. The van der Waals surface area contributed by atoms with Crippen molar-refractivity contribution in [2.24, 2.45) is 5.10 Å². The Balaban J connectivity index is 1.54. The van der Waals surface area contributed by atoms with Crippen LogP contribution in [0.5, 0.6) is 5.75 Å². The highest BCUT2D eigenvalue weighted by atomic mass is 16.5. The van der Waals surface area contributed by atoms with E-state index in [0.717, 1.165) is 22.4 Å². The second kappa shape index (κ2) is 12.7. The van der Waals surface area contributed by atoms with E-state index in [1.165, 1.54) is 6.21 Å². The van der Waals surface area contributed by atoms with Gasteiger partial charge in [-0.05, 0) is 47.9 Å². The molecule has 3 rings (SSSR count). The number of nitrogens with zero attached hydrogens (tertiary/aromatic N) is 1. The second-order valence-corrected chi connectivity index (χ2v) is 7.18. The first-order valence-electron chi connectivity index (χ1n) is 10.7. The quantitative estimate of drug-likeness (QED) is 0.364. The zero-order valence-electron chi connectivity index (χ0n) is 18.4. The van der Waals surface area contributed by atoms with E-state index in [4.69, 9.17) is 9.47 Å². The molecule has 0 unspecified atom stereocenters. The van der Waals surface area contributed by atoms with Gasteiger partial charge in [-0.1, -0.05) is 60.7 Å². The monoisotopic (exact) mass is 445 g/mol. The molecule has 0 aliphatic carbocycles. The second-order valence-electron chi connectivity index (χ2n) is 7.18. The van der Waals surface area contributed by atoms with Crippen LogP contribution in [0, 0.1) is 0 Å². The minimum absolute atomic E-state index is 0.217. The van der Waals surface area contributed by atoms with Gasteiger partial charge >= 0.3 is 6.09 Å². The van der Waals surface area contributed by atoms with Crippen molar-refractivity contribution in [1.29, 1.82) is 0 Å². The zero-order chi connectivity index (χ0) is 23.3. The van der Waals surface area contributed by atoms with Crippen LogP contribution in [0.1, 0.15) is 23.6 Å². The van der Waals surface area contributed by atoms with Gasteiger partial charge in [0.15, 0.2) is 0 Å². The summed E-state index contributed by atoms with van der Waals surface area (Å²) in [5, 5.41) is 6.61.